The SMILES string of the molecule is NC1C2CCC(C2)C1C(=O)NCC(O)c1ccccc1F. The predicted molar refractivity (Wildman–Crippen MR) is 76.7 cm³/mol. The highest BCUT2D eigenvalue weighted by Crippen LogP contribution is 2.47. The lowest BCUT2D eigenvalue weighted by Gasteiger charge is -2.27. The number of hydrogen-bond acceptors (Lipinski definition) is 3. The van der Waals surface area contributed by atoms with Gasteiger partial charge < -0.3 is 16.2 Å². The second kappa shape index (κ2) is 5.73. The Hall–Kier alpha value is -1.46. The minimum absolute atomic E-state index is 0.0143. The molecular formula is C16H21FN2O2. The minimum Gasteiger partial charge on any atom is -0.386 e. The number of fused-ring (bicyclic) bond motifs is 2. The smallest absolute Gasteiger partial charge is 0.225 e. The van der Waals surface area contributed by atoms with Gasteiger partial charge in [0.15, 0.2) is 0 Å². The number of nitrogens with one attached hydrogen (secondary N) is 1. The Balaban J connectivity index is 1.58. The molecule has 0 heterocycles. The summed E-state index contributed by atoms with van der Waals surface area (Å²) in [6.45, 7) is 0.0143. The topological polar surface area (TPSA) is 75.4 Å². The largest absolute Gasteiger partial charge is 0.386 e. The van der Waals surface area contributed by atoms with Crippen LogP contribution in [0.4, 0.5) is 4.39 Å². The summed E-state index contributed by atoms with van der Waals surface area (Å²) in [6, 6.07) is 5.98. The lowest BCUT2D eigenvalue weighted by molar-refractivity contribution is -0.127. The Morgan fingerprint density at radius 1 is 1.38 bits per heavy atom. The molecule has 5 unspecified atom stereocenters. The molecule has 1 amide bonds. The number of aliphatic hydroxyl groups is 1. The summed E-state index contributed by atoms with van der Waals surface area (Å²) in [6.07, 6.45) is 2.18. The number of carbonyl (C=O) groups is 1. The van der Waals surface area contributed by atoms with E-state index >= 15 is 0 Å². The Morgan fingerprint density at radius 2 is 2.10 bits per heavy atom. The maximum Gasteiger partial charge on any atom is 0.225 e. The summed E-state index contributed by atoms with van der Waals surface area (Å²) in [5.74, 6) is 0.107. The predicted octanol–water partition coefficient (Wildman–Crippen LogP) is 1.35. The molecule has 2 fully saturated rings. The molecule has 2 bridgehead atoms. The number of amides is 1. The number of carbonyl (C=O) groups excluding carboxylic acids is 1. The average molecular weight is 292 g/mol. The van der Waals surface area contributed by atoms with Gasteiger partial charge in [-0.2, -0.15) is 0 Å². The summed E-state index contributed by atoms with van der Waals surface area (Å²) in [7, 11) is 0. The molecule has 2 aliphatic carbocycles. The molecule has 2 saturated carbocycles. The molecule has 5 heteroatoms. The van der Waals surface area contributed by atoms with Crippen LogP contribution < -0.4 is 11.1 Å². The van der Waals surface area contributed by atoms with Gasteiger partial charge in [-0.25, -0.2) is 4.39 Å². The first-order valence-corrected chi connectivity index (χ1v) is 7.53. The fourth-order valence-electron chi connectivity index (χ4n) is 3.90. The first kappa shape index (κ1) is 14.5. The lowest BCUT2D eigenvalue weighted by atomic mass is 9.84. The third kappa shape index (κ3) is 2.68. The zero-order chi connectivity index (χ0) is 15.0. The normalized spacial score (nSPS) is 32.1. The van der Waals surface area contributed by atoms with Crippen LogP contribution in [0.15, 0.2) is 24.3 Å². The van der Waals surface area contributed by atoms with Crippen molar-refractivity contribution in [1.82, 2.24) is 5.32 Å². The second-order valence-corrected chi connectivity index (χ2v) is 6.22. The number of aliphatic hydroxyl groups excluding tert-OH is 1. The summed E-state index contributed by atoms with van der Waals surface area (Å²) in [5.41, 5.74) is 6.33. The molecule has 0 saturated heterocycles. The zero-order valence-electron chi connectivity index (χ0n) is 11.8. The molecule has 4 nitrogen and oxygen atoms in total. The molecule has 3 rings (SSSR count). The van der Waals surface area contributed by atoms with Gasteiger partial charge in [0.1, 0.15) is 5.82 Å². The quantitative estimate of drug-likeness (QED) is 0.784. The average Bonchev–Trinajstić information content (AvgIpc) is 3.06. The van der Waals surface area contributed by atoms with Crippen LogP contribution in [0.5, 0.6) is 0 Å². The number of rotatable bonds is 4. The van der Waals surface area contributed by atoms with Crippen LogP contribution in [0, 0.1) is 23.6 Å². The minimum atomic E-state index is -1.04. The van der Waals surface area contributed by atoms with E-state index in [1.54, 1.807) is 12.1 Å². The van der Waals surface area contributed by atoms with Crippen LogP contribution in [0.3, 0.4) is 0 Å². The van der Waals surface area contributed by atoms with Crippen molar-refractivity contribution < 1.29 is 14.3 Å². The van der Waals surface area contributed by atoms with Crippen LogP contribution in [-0.2, 0) is 4.79 Å². The zero-order valence-corrected chi connectivity index (χ0v) is 11.8. The third-order valence-electron chi connectivity index (χ3n) is 5.02. The molecule has 0 spiro atoms. The van der Waals surface area contributed by atoms with Gasteiger partial charge in [-0.15, -0.1) is 0 Å². The molecule has 0 radical (unpaired) electrons. The van der Waals surface area contributed by atoms with Crippen LogP contribution in [0.1, 0.15) is 30.9 Å². The summed E-state index contributed by atoms with van der Waals surface area (Å²) in [5, 5.41) is 12.7. The summed E-state index contributed by atoms with van der Waals surface area (Å²) in [4.78, 5) is 12.3. The van der Waals surface area contributed by atoms with Gasteiger partial charge in [-0.05, 0) is 37.2 Å². The monoisotopic (exact) mass is 292 g/mol. The number of nitrogens with two attached hydrogens (primary N) is 1. The van der Waals surface area contributed by atoms with E-state index in [2.05, 4.69) is 5.32 Å². The van der Waals surface area contributed by atoms with Crippen molar-refractivity contribution in [3.63, 3.8) is 0 Å². The second-order valence-electron chi connectivity index (χ2n) is 6.22. The van der Waals surface area contributed by atoms with Crippen molar-refractivity contribution in [2.24, 2.45) is 23.5 Å². The highest BCUT2D eigenvalue weighted by atomic mass is 19.1. The molecule has 0 aromatic heterocycles. The number of benzene rings is 1. The molecule has 4 N–H and O–H groups in total. The van der Waals surface area contributed by atoms with Gasteiger partial charge in [0, 0.05) is 18.2 Å². The molecule has 1 aromatic rings. The highest BCUT2D eigenvalue weighted by molar-refractivity contribution is 5.80. The van der Waals surface area contributed by atoms with E-state index in [0.29, 0.717) is 11.8 Å². The summed E-state index contributed by atoms with van der Waals surface area (Å²) < 4.78 is 13.6. The van der Waals surface area contributed by atoms with E-state index in [1.807, 2.05) is 0 Å². The van der Waals surface area contributed by atoms with Gasteiger partial charge in [-0.3, -0.25) is 4.79 Å². The van der Waals surface area contributed by atoms with Gasteiger partial charge in [-0.1, -0.05) is 18.2 Å². The van der Waals surface area contributed by atoms with E-state index < -0.39 is 11.9 Å². The standard InChI is InChI=1S/C16H21FN2O2/c17-12-4-2-1-3-11(12)13(20)8-19-16(21)14-9-5-6-10(7-9)15(14)18/h1-4,9-10,13-15,20H,5-8,18H2,(H,19,21). The molecule has 1 aromatic carbocycles. The first-order chi connectivity index (χ1) is 10.1. The van der Waals surface area contributed by atoms with Crippen molar-refractivity contribution in [2.75, 3.05) is 6.54 Å². The van der Waals surface area contributed by atoms with Crippen LogP contribution in [0.2, 0.25) is 0 Å². The maximum atomic E-state index is 13.6. The van der Waals surface area contributed by atoms with Crippen molar-refractivity contribution in [3.05, 3.63) is 35.6 Å². The number of hydrogen-bond donors (Lipinski definition) is 3. The fourth-order valence-corrected chi connectivity index (χ4v) is 3.90. The van der Waals surface area contributed by atoms with Crippen molar-refractivity contribution in [3.8, 4) is 0 Å². The third-order valence-corrected chi connectivity index (χ3v) is 5.02. The number of halogens is 1. The van der Waals surface area contributed by atoms with Gasteiger partial charge >= 0.3 is 0 Å². The highest BCUT2D eigenvalue weighted by Gasteiger charge is 2.48. The Morgan fingerprint density at radius 3 is 2.76 bits per heavy atom. The van der Waals surface area contributed by atoms with Crippen molar-refractivity contribution >= 4 is 5.91 Å². The van der Waals surface area contributed by atoms with E-state index in [9.17, 15) is 14.3 Å². The molecule has 114 valence electrons. The fraction of sp³-hybridized carbons (Fsp3) is 0.562. The van der Waals surface area contributed by atoms with E-state index in [4.69, 9.17) is 5.73 Å². The first-order valence-electron chi connectivity index (χ1n) is 7.53. The van der Waals surface area contributed by atoms with Crippen molar-refractivity contribution in [2.45, 2.75) is 31.4 Å². The molecule has 21 heavy (non-hydrogen) atoms. The van der Waals surface area contributed by atoms with Gasteiger partial charge in [0.2, 0.25) is 5.91 Å². The Bertz CT molecular complexity index is 535. The van der Waals surface area contributed by atoms with Gasteiger partial charge in [0.25, 0.3) is 0 Å². The Labute approximate surface area is 123 Å². The lowest BCUT2D eigenvalue weighted by Crippen LogP contribution is -2.46. The van der Waals surface area contributed by atoms with Crippen LogP contribution in [-0.4, -0.2) is 23.6 Å². The molecule has 0 aliphatic heterocycles. The van der Waals surface area contributed by atoms with E-state index in [-0.39, 0.29) is 30.0 Å². The molecule has 2 aliphatic rings. The van der Waals surface area contributed by atoms with Crippen LogP contribution in [0.25, 0.3) is 0 Å². The maximum absolute atomic E-state index is 13.6. The van der Waals surface area contributed by atoms with Crippen LogP contribution >= 0.6 is 0 Å². The van der Waals surface area contributed by atoms with Crippen molar-refractivity contribution in [1.29, 1.82) is 0 Å². The summed E-state index contributed by atoms with van der Waals surface area (Å²) >= 11 is 0. The Kier molecular flexibility index (Phi) is 3.95. The molecular weight excluding hydrogens is 271 g/mol. The van der Waals surface area contributed by atoms with E-state index in [1.165, 1.54) is 12.1 Å². The van der Waals surface area contributed by atoms with Gasteiger partial charge in [0.05, 0.1) is 12.0 Å². The van der Waals surface area contributed by atoms with E-state index in [0.717, 1.165) is 19.3 Å². The molecule has 5 atom stereocenters.